The summed E-state index contributed by atoms with van der Waals surface area (Å²) < 4.78 is 24.5. The van der Waals surface area contributed by atoms with Gasteiger partial charge in [-0.25, -0.2) is 8.42 Å². The molecule has 1 aliphatic rings. The minimum absolute atomic E-state index is 0.102. The number of rotatable bonds is 7. The zero-order valence-corrected chi connectivity index (χ0v) is 16.8. The molecule has 0 atom stereocenters. The summed E-state index contributed by atoms with van der Waals surface area (Å²) in [6, 6.07) is 13.2. The van der Waals surface area contributed by atoms with Gasteiger partial charge in [0.25, 0.3) is 5.91 Å². The van der Waals surface area contributed by atoms with Crippen LogP contribution in [0.3, 0.4) is 0 Å². The highest BCUT2D eigenvalue weighted by atomic mass is 32.2. The van der Waals surface area contributed by atoms with Gasteiger partial charge in [-0.3, -0.25) is 9.59 Å². The molecule has 28 heavy (non-hydrogen) atoms. The Bertz CT molecular complexity index is 960. The number of nitrogens with zero attached hydrogens (tertiary/aromatic N) is 1. The van der Waals surface area contributed by atoms with Crippen LogP contribution >= 0.6 is 0 Å². The van der Waals surface area contributed by atoms with Crippen LogP contribution in [0.1, 0.15) is 28.8 Å². The summed E-state index contributed by atoms with van der Waals surface area (Å²) in [4.78, 5) is 25.9. The largest absolute Gasteiger partial charge is 0.345 e. The highest BCUT2D eigenvalue weighted by Crippen LogP contribution is 2.32. The van der Waals surface area contributed by atoms with E-state index in [2.05, 4.69) is 5.32 Å². The predicted molar refractivity (Wildman–Crippen MR) is 108 cm³/mol. The van der Waals surface area contributed by atoms with Gasteiger partial charge in [0.1, 0.15) is 0 Å². The summed E-state index contributed by atoms with van der Waals surface area (Å²) in [5.41, 5.74) is 1.89. The molecule has 148 valence electrons. The molecule has 0 heterocycles. The molecule has 7 heteroatoms. The van der Waals surface area contributed by atoms with Crippen LogP contribution in [-0.4, -0.2) is 45.0 Å². The Morgan fingerprint density at radius 1 is 1.00 bits per heavy atom. The molecule has 0 spiro atoms. The number of sulfone groups is 1. The van der Waals surface area contributed by atoms with E-state index < -0.39 is 9.84 Å². The van der Waals surface area contributed by atoms with Gasteiger partial charge in [0.15, 0.2) is 9.84 Å². The monoisotopic (exact) mass is 400 g/mol. The number of benzene rings is 2. The molecule has 0 radical (unpaired) electrons. The molecule has 1 saturated carbocycles. The summed E-state index contributed by atoms with van der Waals surface area (Å²) in [5.74, 6) is 0.198. The lowest BCUT2D eigenvalue weighted by molar-refractivity contribution is -0.115. The molecule has 2 aromatic carbocycles. The van der Waals surface area contributed by atoms with Crippen molar-refractivity contribution < 1.29 is 18.0 Å². The number of hydrogen-bond donors (Lipinski definition) is 1. The van der Waals surface area contributed by atoms with Crippen LogP contribution in [0.15, 0.2) is 53.4 Å². The van der Waals surface area contributed by atoms with Gasteiger partial charge in [-0.15, -0.1) is 0 Å². The maximum Gasteiger partial charge on any atom is 0.253 e. The van der Waals surface area contributed by atoms with Crippen molar-refractivity contribution in [3.8, 4) is 0 Å². The van der Waals surface area contributed by atoms with Gasteiger partial charge >= 0.3 is 0 Å². The summed E-state index contributed by atoms with van der Waals surface area (Å²) in [5, 5.41) is 2.78. The summed E-state index contributed by atoms with van der Waals surface area (Å²) in [6.07, 6.45) is 2.12. The number of anilines is 1. The van der Waals surface area contributed by atoms with Crippen molar-refractivity contribution in [2.45, 2.75) is 24.2 Å². The average Bonchev–Trinajstić information content (AvgIpc) is 3.45. The molecule has 0 saturated heterocycles. The molecule has 3 rings (SSSR count). The lowest BCUT2D eigenvalue weighted by atomic mass is 10.1. The molecular weight excluding hydrogens is 376 g/mol. The number of carbonyl (C=O) groups is 2. The Kier molecular flexibility index (Phi) is 5.84. The maximum atomic E-state index is 12.3. The van der Waals surface area contributed by atoms with Crippen LogP contribution in [-0.2, 0) is 21.1 Å². The zero-order valence-electron chi connectivity index (χ0n) is 16.0. The lowest BCUT2D eigenvalue weighted by Gasteiger charge is -2.11. The van der Waals surface area contributed by atoms with E-state index in [1.54, 1.807) is 62.6 Å². The number of nitrogens with one attached hydrogen (secondary N) is 1. The molecule has 1 aliphatic carbocycles. The number of amides is 2. The third-order valence-corrected chi connectivity index (χ3v) is 6.52. The van der Waals surface area contributed by atoms with Crippen molar-refractivity contribution in [2.24, 2.45) is 5.92 Å². The minimum atomic E-state index is -3.24. The van der Waals surface area contributed by atoms with Gasteiger partial charge in [-0.2, -0.15) is 0 Å². The Morgan fingerprint density at radius 3 is 2.14 bits per heavy atom. The van der Waals surface area contributed by atoms with Gasteiger partial charge in [0, 0.05) is 25.3 Å². The van der Waals surface area contributed by atoms with E-state index in [1.807, 2.05) is 0 Å². The van der Waals surface area contributed by atoms with E-state index in [4.69, 9.17) is 0 Å². The quantitative estimate of drug-likeness (QED) is 0.775. The van der Waals surface area contributed by atoms with Crippen LogP contribution in [0.5, 0.6) is 0 Å². The third-order valence-electron chi connectivity index (χ3n) is 4.62. The number of hydrogen-bond acceptors (Lipinski definition) is 4. The second kappa shape index (κ2) is 8.14. The molecule has 6 nitrogen and oxygen atoms in total. The van der Waals surface area contributed by atoms with Gasteiger partial charge in [0.05, 0.1) is 17.1 Å². The molecule has 0 aliphatic heterocycles. The first-order chi connectivity index (χ1) is 13.2. The van der Waals surface area contributed by atoms with E-state index in [-0.39, 0.29) is 24.0 Å². The molecular formula is C21H24N2O4S. The summed E-state index contributed by atoms with van der Waals surface area (Å²) >= 11 is 0. The van der Waals surface area contributed by atoms with Crippen LogP contribution in [0.4, 0.5) is 5.69 Å². The van der Waals surface area contributed by atoms with Crippen molar-refractivity contribution in [2.75, 3.05) is 25.2 Å². The maximum absolute atomic E-state index is 12.3. The summed E-state index contributed by atoms with van der Waals surface area (Å²) in [7, 11) is 0.122. The van der Waals surface area contributed by atoms with E-state index in [0.29, 0.717) is 22.1 Å². The minimum Gasteiger partial charge on any atom is -0.345 e. The fourth-order valence-electron chi connectivity index (χ4n) is 2.85. The van der Waals surface area contributed by atoms with Crippen LogP contribution in [0.25, 0.3) is 0 Å². The van der Waals surface area contributed by atoms with E-state index >= 15 is 0 Å². The van der Waals surface area contributed by atoms with Crippen LogP contribution < -0.4 is 5.32 Å². The molecule has 0 unspecified atom stereocenters. The second-order valence-corrected chi connectivity index (χ2v) is 9.40. The van der Waals surface area contributed by atoms with Gasteiger partial charge < -0.3 is 10.2 Å². The fraction of sp³-hybridized carbons (Fsp3) is 0.333. The molecule has 1 fully saturated rings. The SMILES string of the molecule is CN(C)C(=O)c1ccc(NC(=O)Cc2ccc(S(=O)(=O)CC3CC3)cc2)cc1. The second-order valence-electron chi connectivity index (χ2n) is 7.37. The topological polar surface area (TPSA) is 83.6 Å². The van der Waals surface area contributed by atoms with Crippen molar-refractivity contribution in [1.29, 1.82) is 0 Å². The van der Waals surface area contributed by atoms with Gasteiger partial charge in [-0.05, 0) is 60.7 Å². The molecule has 2 aromatic rings. The van der Waals surface area contributed by atoms with Crippen molar-refractivity contribution >= 4 is 27.3 Å². The van der Waals surface area contributed by atoms with Crippen LogP contribution in [0.2, 0.25) is 0 Å². The smallest absolute Gasteiger partial charge is 0.253 e. The lowest BCUT2D eigenvalue weighted by Crippen LogP contribution is -2.21. The van der Waals surface area contributed by atoms with Gasteiger partial charge in [-0.1, -0.05) is 12.1 Å². The van der Waals surface area contributed by atoms with Crippen molar-refractivity contribution in [3.63, 3.8) is 0 Å². The first-order valence-electron chi connectivity index (χ1n) is 9.18. The Balaban J connectivity index is 1.58. The zero-order chi connectivity index (χ0) is 20.3. The highest BCUT2D eigenvalue weighted by Gasteiger charge is 2.28. The Labute approximate surface area is 165 Å². The highest BCUT2D eigenvalue weighted by molar-refractivity contribution is 7.91. The Morgan fingerprint density at radius 2 is 1.61 bits per heavy atom. The Hall–Kier alpha value is -2.67. The van der Waals surface area contributed by atoms with Crippen molar-refractivity contribution in [1.82, 2.24) is 4.90 Å². The first-order valence-corrected chi connectivity index (χ1v) is 10.8. The average molecular weight is 401 g/mol. The molecule has 2 amide bonds. The molecule has 1 N–H and O–H groups in total. The standard InChI is InChI=1S/C21H24N2O4S/c1-23(2)21(25)17-7-9-18(10-8-17)22-20(24)13-15-5-11-19(12-6-15)28(26,27)14-16-3-4-16/h5-12,16H,3-4,13-14H2,1-2H3,(H,22,24). The summed E-state index contributed by atoms with van der Waals surface area (Å²) in [6.45, 7) is 0. The fourth-order valence-corrected chi connectivity index (χ4v) is 4.55. The van der Waals surface area contributed by atoms with Gasteiger partial charge in [0.2, 0.25) is 5.91 Å². The molecule has 0 aromatic heterocycles. The van der Waals surface area contributed by atoms with Crippen molar-refractivity contribution in [3.05, 3.63) is 59.7 Å². The number of carbonyl (C=O) groups excluding carboxylic acids is 2. The third kappa shape index (κ3) is 5.19. The predicted octanol–water partition coefficient (Wildman–Crippen LogP) is 2.75. The van der Waals surface area contributed by atoms with E-state index in [9.17, 15) is 18.0 Å². The molecule has 0 bridgehead atoms. The van der Waals surface area contributed by atoms with E-state index in [0.717, 1.165) is 18.4 Å². The first kappa shape index (κ1) is 20.1. The van der Waals surface area contributed by atoms with Crippen LogP contribution in [0, 0.1) is 5.92 Å². The van der Waals surface area contributed by atoms with E-state index in [1.165, 1.54) is 4.90 Å². The normalized spacial score (nSPS) is 13.8.